The van der Waals surface area contributed by atoms with Crippen LogP contribution in [0, 0.1) is 11.8 Å². The number of carbonyl (C=O) groups excluding carboxylic acids is 1. The maximum atomic E-state index is 12.0. The summed E-state index contributed by atoms with van der Waals surface area (Å²) in [6, 6.07) is 3.39. The normalized spacial score (nSPS) is 20.4. The van der Waals surface area contributed by atoms with Crippen molar-refractivity contribution in [3.63, 3.8) is 0 Å². The summed E-state index contributed by atoms with van der Waals surface area (Å²) in [4.78, 5) is 17.9. The SMILES string of the molecule is O=C(Nc1ccc(Cl)cn1)N1CC(C2CCCC2)C1. The third-order valence-electron chi connectivity index (χ3n) is 4.23. The molecule has 2 heterocycles. The number of nitrogens with one attached hydrogen (secondary N) is 1. The molecule has 0 atom stereocenters. The molecule has 102 valence electrons. The van der Waals surface area contributed by atoms with E-state index in [0.717, 1.165) is 19.0 Å². The molecule has 0 radical (unpaired) electrons. The molecular weight excluding hydrogens is 262 g/mol. The first-order valence-electron chi connectivity index (χ1n) is 6.90. The van der Waals surface area contributed by atoms with Crippen LogP contribution >= 0.6 is 11.6 Å². The van der Waals surface area contributed by atoms with E-state index < -0.39 is 0 Å². The van der Waals surface area contributed by atoms with Crippen molar-refractivity contribution in [1.82, 2.24) is 9.88 Å². The highest BCUT2D eigenvalue weighted by molar-refractivity contribution is 6.30. The number of urea groups is 1. The Balaban J connectivity index is 1.48. The minimum Gasteiger partial charge on any atom is -0.324 e. The van der Waals surface area contributed by atoms with Crippen molar-refractivity contribution in [1.29, 1.82) is 0 Å². The minimum atomic E-state index is -0.0518. The molecule has 4 nitrogen and oxygen atoms in total. The Morgan fingerprint density at radius 2 is 2.00 bits per heavy atom. The van der Waals surface area contributed by atoms with Crippen molar-refractivity contribution in [2.75, 3.05) is 18.4 Å². The highest BCUT2D eigenvalue weighted by atomic mass is 35.5. The van der Waals surface area contributed by atoms with E-state index in [4.69, 9.17) is 11.6 Å². The van der Waals surface area contributed by atoms with Crippen molar-refractivity contribution in [2.45, 2.75) is 25.7 Å². The zero-order valence-corrected chi connectivity index (χ0v) is 11.6. The van der Waals surface area contributed by atoms with E-state index in [1.165, 1.54) is 31.9 Å². The van der Waals surface area contributed by atoms with E-state index in [9.17, 15) is 4.79 Å². The molecule has 2 fully saturated rings. The van der Waals surface area contributed by atoms with Crippen LogP contribution in [0.1, 0.15) is 25.7 Å². The Labute approximate surface area is 118 Å². The maximum Gasteiger partial charge on any atom is 0.323 e. The molecule has 1 aromatic rings. The van der Waals surface area contributed by atoms with E-state index in [-0.39, 0.29) is 6.03 Å². The van der Waals surface area contributed by atoms with E-state index >= 15 is 0 Å². The molecule has 3 rings (SSSR count). The third-order valence-corrected chi connectivity index (χ3v) is 4.45. The van der Waals surface area contributed by atoms with Crippen LogP contribution in [-0.4, -0.2) is 29.0 Å². The number of hydrogen-bond acceptors (Lipinski definition) is 2. The summed E-state index contributed by atoms with van der Waals surface area (Å²) in [5, 5.41) is 3.37. The Morgan fingerprint density at radius 3 is 2.63 bits per heavy atom. The Morgan fingerprint density at radius 1 is 1.26 bits per heavy atom. The summed E-state index contributed by atoms with van der Waals surface area (Å²) in [6.45, 7) is 1.79. The van der Waals surface area contributed by atoms with E-state index in [0.29, 0.717) is 16.8 Å². The molecule has 5 heteroatoms. The number of nitrogens with zero attached hydrogens (tertiary/aromatic N) is 2. The van der Waals surface area contributed by atoms with Crippen LogP contribution in [0.4, 0.5) is 10.6 Å². The Kier molecular flexibility index (Phi) is 3.60. The van der Waals surface area contributed by atoms with Crippen molar-refractivity contribution in [3.05, 3.63) is 23.4 Å². The first-order valence-corrected chi connectivity index (χ1v) is 7.27. The van der Waals surface area contributed by atoms with Crippen LogP contribution in [0.5, 0.6) is 0 Å². The summed E-state index contributed by atoms with van der Waals surface area (Å²) >= 11 is 5.76. The van der Waals surface area contributed by atoms with Gasteiger partial charge in [-0.15, -0.1) is 0 Å². The predicted molar refractivity (Wildman–Crippen MR) is 75.3 cm³/mol. The van der Waals surface area contributed by atoms with Gasteiger partial charge in [-0.25, -0.2) is 9.78 Å². The first-order chi connectivity index (χ1) is 9.22. The molecule has 1 N–H and O–H groups in total. The number of carbonyl (C=O) groups is 1. The fourth-order valence-corrected chi connectivity index (χ4v) is 3.16. The first kappa shape index (κ1) is 12.7. The van der Waals surface area contributed by atoms with Crippen molar-refractivity contribution < 1.29 is 4.79 Å². The number of aromatic nitrogens is 1. The summed E-state index contributed by atoms with van der Waals surface area (Å²) in [6.07, 6.45) is 6.95. The fourth-order valence-electron chi connectivity index (χ4n) is 3.04. The van der Waals surface area contributed by atoms with Crippen LogP contribution in [0.15, 0.2) is 18.3 Å². The number of anilines is 1. The smallest absolute Gasteiger partial charge is 0.323 e. The fraction of sp³-hybridized carbons (Fsp3) is 0.571. The lowest BCUT2D eigenvalue weighted by molar-refractivity contribution is 0.0926. The number of amides is 2. The van der Waals surface area contributed by atoms with Crippen LogP contribution < -0.4 is 5.32 Å². The second-order valence-corrected chi connectivity index (χ2v) is 5.94. The summed E-state index contributed by atoms with van der Waals surface area (Å²) in [5.41, 5.74) is 0. The third kappa shape index (κ3) is 2.84. The maximum absolute atomic E-state index is 12.0. The second kappa shape index (κ2) is 5.37. The van der Waals surface area contributed by atoms with Gasteiger partial charge in [0.05, 0.1) is 5.02 Å². The van der Waals surface area contributed by atoms with Crippen LogP contribution in [-0.2, 0) is 0 Å². The summed E-state index contributed by atoms with van der Waals surface area (Å²) in [7, 11) is 0. The second-order valence-electron chi connectivity index (χ2n) is 5.50. The van der Waals surface area contributed by atoms with E-state index in [1.54, 1.807) is 12.1 Å². The molecule has 0 spiro atoms. The quantitative estimate of drug-likeness (QED) is 0.902. The molecule has 1 aliphatic carbocycles. The van der Waals surface area contributed by atoms with Crippen LogP contribution in [0.2, 0.25) is 5.02 Å². The average molecular weight is 280 g/mol. The Bertz CT molecular complexity index is 450. The summed E-state index contributed by atoms with van der Waals surface area (Å²) in [5.74, 6) is 2.11. The minimum absolute atomic E-state index is 0.0518. The molecule has 2 aliphatic rings. The summed E-state index contributed by atoms with van der Waals surface area (Å²) < 4.78 is 0. The van der Waals surface area contributed by atoms with Gasteiger partial charge in [0, 0.05) is 19.3 Å². The lowest BCUT2D eigenvalue weighted by atomic mass is 9.85. The van der Waals surface area contributed by atoms with Gasteiger partial charge in [-0.2, -0.15) is 0 Å². The highest BCUT2D eigenvalue weighted by Crippen LogP contribution is 2.36. The average Bonchev–Trinajstić information content (AvgIpc) is 2.84. The van der Waals surface area contributed by atoms with Crippen LogP contribution in [0.25, 0.3) is 0 Å². The topological polar surface area (TPSA) is 45.2 Å². The molecule has 0 bridgehead atoms. The zero-order valence-electron chi connectivity index (χ0n) is 10.8. The zero-order chi connectivity index (χ0) is 13.2. The number of likely N-dealkylation sites (tertiary alicyclic amines) is 1. The van der Waals surface area contributed by atoms with Gasteiger partial charge in [0.25, 0.3) is 0 Å². The molecule has 1 aromatic heterocycles. The van der Waals surface area contributed by atoms with Gasteiger partial charge in [0.15, 0.2) is 0 Å². The lowest BCUT2D eigenvalue weighted by Gasteiger charge is -2.42. The molecule has 1 saturated heterocycles. The van der Waals surface area contributed by atoms with Gasteiger partial charge in [-0.1, -0.05) is 37.3 Å². The highest BCUT2D eigenvalue weighted by Gasteiger charge is 2.37. The monoisotopic (exact) mass is 279 g/mol. The molecule has 1 saturated carbocycles. The number of hydrogen-bond donors (Lipinski definition) is 1. The molecule has 2 amide bonds. The van der Waals surface area contributed by atoms with Crippen molar-refractivity contribution in [3.8, 4) is 0 Å². The predicted octanol–water partition coefficient (Wildman–Crippen LogP) is 3.39. The van der Waals surface area contributed by atoms with Crippen LogP contribution in [0.3, 0.4) is 0 Å². The molecule has 19 heavy (non-hydrogen) atoms. The lowest BCUT2D eigenvalue weighted by Crippen LogP contribution is -2.53. The van der Waals surface area contributed by atoms with E-state index in [1.807, 2.05) is 4.90 Å². The number of pyridine rings is 1. The Hall–Kier alpha value is -1.29. The largest absolute Gasteiger partial charge is 0.324 e. The number of halogens is 1. The van der Waals surface area contributed by atoms with Gasteiger partial charge in [-0.3, -0.25) is 5.32 Å². The van der Waals surface area contributed by atoms with Gasteiger partial charge in [-0.05, 0) is 24.0 Å². The van der Waals surface area contributed by atoms with Gasteiger partial charge in [0.2, 0.25) is 0 Å². The van der Waals surface area contributed by atoms with Crippen molar-refractivity contribution >= 4 is 23.4 Å². The van der Waals surface area contributed by atoms with Crippen molar-refractivity contribution in [2.24, 2.45) is 11.8 Å². The van der Waals surface area contributed by atoms with Gasteiger partial charge >= 0.3 is 6.03 Å². The standard InChI is InChI=1S/C14H18ClN3O/c15-12-5-6-13(16-7-12)17-14(19)18-8-11(9-18)10-3-1-2-4-10/h5-7,10-11H,1-4,8-9H2,(H,16,17,19). The van der Waals surface area contributed by atoms with Gasteiger partial charge in [0.1, 0.15) is 5.82 Å². The van der Waals surface area contributed by atoms with Gasteiger partial charge < -0.3 is 4.90 Å². The molecule has 1 aliphatic heterocycles. The molecular formula is C14H18ClN3O. The molecule has 0 unspecified atom stereocenters. The van der Waals surface area contributed by atoms with E-state index in [2.05, 4.69) is 10.3 Å². The number of rotatable bonds is 2. The molecule has 0 aromatic carbocycles.